The van der Waals surface area contributed by atoms with Gasteiger partial charge in [-0.1, -0.05) is 48.5 Å². The predicted molar refractivity (Wildman–Crippen MR) is 94.8 cm³/mol. The second-order valence-electron chi connectivity index (χ2n) is 6.27. The molecule has 1 aliphatic heterocycles. The normalized spacial score (nSPS) is 14.2. The molecule has 2 aromatic carbocycles. The number of hydrogen-bond acceptors (Lipinski definition) is 3. The van der Waals surface area contributed by atoms with Crippen molar-refractivity contribution in [1.82, 2.24) is 14.7 Å². The van der Waals surface area contributed by atoms with Crippen molar-refractivity contribution in [1.29, 1.82) is 0 Å². The molecule has 2 heterocycles. The van der Waals surface area contributed by atoms with Gasteiger partial charge in [-0.25, -0.2) is 9.48 Å². The van der Waals surface area contributed by atoms with Crippen LogP contribution < -0.4 is 0 Å². The first-order chi connectivity index (χ1) is 12.2. The Hall–Kier alpha value is -2.92. The highest BCUT2D eigenvalue weighted by Gasteiger charge is 2.28. The molecular weight excluding hydrogens is 314 g/mol. The summed E-state index contributed by atoms with van der Waals surface area (Å²) in [7, 11) is 0. The van der Waals surface area contributed by atoms with E-state index in [1.54, 1.807) is 4.68 Å². The second-order valence-corrected chi connectivity index (χ2v) is 6.27. The van der Waals surface area contributed by atoms with Crippen LogP contribution >= 0.6 is 0 Å². The molecule has 0 radical (unpaired) electrons. The van der Waals surface area contributed by atoms with Crippen molar-refractivity contribution in [3.05, 3.63) is 83.2 Å². The summed E-state index contributed by atoms with van der Waals surface area (Å²) in [6.45, 7) is 2.31. The summed E-state index contributed by atoms with van der Waals surface area (Å²) in [5, 5.41) is 14.0. The third-order valence-electron chi connectivity index (χ3n) is 4.59. The van der Waals surface area contributed by atoms with E-state index in [9.17, 15) is 9.90 Å². The fourth-order valence-electron chi connectivity index (χ4n) is 3.41. The van der Waals surface area contributed by atoms with Gasteiger partial charge in [0.25, 0.3) is 0 Å². The number of benzene rings is 2. The molecule has 5 nitrogen and oxygen atoms in total. The van der Waals surface area contributed by atoms with E-state index in [1.165, 1.54) is 5.56 Å². The van der Waals surface area contributed by atoms with Crippen LogP contribution in [0.3, 0.4) is 0 Å². The van der Waals surface area contributed by atoms with Crippen LogP contribution in [0.25, 0.3) is 5.69 Å². The van der Waals surface area contributed by atoms with Crippen LogP contribution in [-0.4, -0.2) is 32.3 Å². The van der Waals surface area contributed by atoms with E-state index in [-0.39, 0.29) is 5.69 Å². The molecule has 5 heteroatoms. The van der Waals surface area contributed by atoms with E-state index >= 15 is 0 Å². The minimum Gasteiger partial charge on any atom is -0.476 e. The van der Waals surface area contributed by atoms with Crippen molar-refractivity contribution in [2.75, 3.05) is 6.54 Å². The molecule has 25 heavy (non-hydrogen) atoms. The summed E-state index contributed by atoms with van der Waals surface area (Å²) in [6.07, 6.45) is 0.789. The Kier molecular flexibility index (Phi) is 4.07. The Morgan fingerprint density at radius 2 is 1.72 bits per heavy atom. The maximum absolute atomic E-state index is 11.7. The molecule has 0 spiro atoms. The number of para-hydroxylation sites is 1. The summed E-state index contributed by atoms with van der Waals surface area (Å²) >= 11 is 0. The van der Waals surface area contributed by atoms with Crippen molar-refractivity contribution in [3.8, 4) is 5.69 Å². The maximum atomic E-state index is 11.7. The van der Waals surface area contributed by atoms with Crippen molar-refractivity contribution in [2.24, 2.45) is 0 Å². The molecule has 126 valence electrons. The number of aromatic carboxylic acids is 1. The number of nitrogens with zero attached hydrogens (tertiary/aromatic N) is 3. The average Bonchev–Trinajstić information content (AvgIpc) is 3.02. The SMILES string of the molecule is O=C(O)c1nn(-c2ccccc2)c2c1CN(Cc1ccccc1)CC2. The van der Waals surface area contributed by atoms with Gasteiger partial charge < -0.3 is 5.11 Å². The van der Waals surface area contributed by atoms with Crippen molar-refractivity contribution >= 4 is 5.97 Å². The van der Waals surface area contributed by atoms with E-state index in [0.717, 1.165) is 36.5 Å². The topological polar surface area (TPSA) is 58.4 Å². The zero-order valence-electron chi connectivity index (χ0n) is 13.8. The van der Waals surface area contributed by atoms with Crippen LogP contribution in [0.1, 0.15) is 27.3 Å². The summed E-state index contributed by atoms with van der Waals surface area (Å²) in [5.74, 6) is -0.965. The van der Waals surface area contributed by atoms with Crippen LogP contribution in [0.4, 0.5) is 0 Å². The molecule has 0 amide bonds. The molecule has 0 unspecified atom stereocenters. The van der Waals surface area contributed by atoms with E-state index in [4.69, 9.17) is 0 Å². The Balaban J connectivity index is 1.67. The highest BCUT2D eigenvalue weighted by molar-refractivity contribution is 5.87. The Morgan fingerprint density at radius 1 is 1.04 bits per heavy atom. The Morgan fingerprint density at radius 3 is 2.40 bits per heavy atom. The minimum absolute atomic E-state index is 0.164. The standard InChI is InChI=1S/C20H19N3O2/c24-20(25)19-17-14-22(13-15-7-3-1-4-8-15)12-11-18(17)23(21-19)16-9-5-2-6-10-16/h1-10H,11-14H2,(H,24,25). The zero-order valence-corrected chi connectivity index (χ0v) is 13.8. The van der Waals surface area contributed by atoms with Gasteiger partial charge in [0.2, 0.25) is 0 Å². The molecule has 1 aliphatic rings. The number of fused-ring (bicyclic) bond motifs is 1. The fraction of sp³-hybridized carbons (Fsp3) is 0.200. The zero-order chi connectivity index (χ0) is 17.2. The van der Waals surface area contributed by atoms with Crippen LogP contribution in [0, 0.1) is 0 Å². The smallest absolute Gasteiger partial charge is 0.356 e. The highest BCUT2D eigenvalue weighted by atomic mass is 16.4. The van der Waals surface area contributed by atoms with Crippen LogP contribution in [-0.2, 0) is 19.5 Å². The monoisotopic (exact) mass is 333 g/mol. The lowest BCUT2D eigenvalue weighted by Gasteiger charge is -2.27. The molecular formula is C20H19N3O2. The van der Waals surface area contributed by atoms with Crippen molar-refractivity contribution < 1.29 is 9.90 Å². The van der Waals surface area contributed by atoms with E-state index in [0.29, 0.717) is 6.54 Å². The summed E-state index contributed by atoms with van der Waals surface area (Å²) in [5.41, 5.74) is 4.14. The average molecular weight is 333 g/mol. The van der Waals surface area contributed by atoms with Crippen molar-refractivity contribution in [3.63, 3.8) is 0 Å². The number of carbonyl (C=O) groups is 1. The number of aromatic nitrogens is 2. The van der Waals surface area contributed by atoms with Gasteiger partial charge in [-0.05, 0) is 17.7 Å². The van der Waals surface area contributed by atoms with Gasteiger partial charge in [0.1, 0.15) is 0 Å². The molecule has 1 aromatic heterocycles. The number of rotatable bonds is 4. The van der Waals surface area contributed by atoms with E-state index in [1.807, 2.05) is 48.5 Å². The fourth-order valence-corrected chi connectivity index (χ4v) is 3.41. The van der Waals surface area contributed by atoms with Gasteiger partial charge >= 0.3 is 5.97 Å². The van der Waals surface area contributed by atoms with E-state index < -0.39 is 5.97 Å². The molecule has 0 saturated heterocycles. The molecule has 3 aromatic rings. The first-order valence-corrected chi connectivity index (χ1v) is 8.38. The first-order valence-electron chi connectivity index (χ1n) is 8.38. The Bertz CT molecular complexity index is 888. The Labute approximate surface area is 146 Å². The summed E-state index contributed by atoms with van der Waals surface area (Å²) < 4.78 is 1.79. The van der Waals surface area contributed by atoms with Crippen molar-refractivity contribution in [2.45, 2.75) is 19.5 Å². The van der Waals surface area contributed by atoms with Gasteiger partial charge in [0.05, 0.1) is 11.4 Å². The highest BCUT2D eigenvalue weighted by Crippen LogP contribution is 2.26. The molecule has 0 bridgehead atoms. The van der Waals surface area contributed by atoms with Gasteiger partial charge in [0.15, 0.2) is 5.69 Å². The molecule has 4 rings (SSSR count). The molecule has 0 saturated carbocycles. The van der Waals surface area contributed by atoms with Crippen LogP contribution in [0.2, 0.25) is 0 Å². The second kappa shape index (κ2) is 6.53. The number of carboxylic acids is 1. The molecule has 1 N–H and O–H groups in total. The van der Waals surface area contributed by atoms with Gasteiger partial charge in [-0.2, -0.15) is 5.10 Å². The van der Waals surface area contributed by atoms with Crippen LogP contribution in [0.15, 0.2) is 60.7 Å². The van der Waals surface area contributed by atoms with Gasteiger partial charge in [-0.3, -0.25) is 4.90 Å². The minimum atomic E-state index is -0.965. The van der Waals surface area contributed by atoms with E-state index in [2.05, 4.69) is 22.1 Å². The maximum Gasteiger partial charge on any atom is 0.356 e. The third kappa shape index (κ3) is 3.06. The summed E-state index contributed by atoms with van der Waals surface area (Å²) in [4.78, 5) is 14.0. The predicted octanol–water partition coefficient (Wildman–Crippen LogP) is 3.13. The lowest BCUT2D eigenvalue weighted by molar-refractivity contribution is 0.0687. The molecule has 0 atom stereocenters. The first kappa shape index (κ1) is 15.6. The third-order valence-corrected chi connectivity index (χ3v) is 4.59. The lowest BCUT2D eigenvalue weighted by Crippen LogP contribution is -2.31. The van der Waals surface area contributed by atoms with Gasteiger partial charge in [0, 0.05) is 31.6 Å². The quantitative estimate of drug-likeness (QED) is 0.797. The van der Waals surface area contributed by atoms with Crippen LogP contribution in [0.5, 0.6) is 0 Å². The number of carboxylic acid groups (broad SMARTS) is 1. The summed E-state index contributed by atoms with van der Waals surface area (Å²) in [6, 6.07) is 20.0. The lowest BCUT2D eigenvalue weighted by atomic mass is 10.0. The van der Waals surface area contributed by atoms with Gasteiger partial charge in [-0.15, -0.1) is 0 Å². The largest absolute Gasteiger partial charge is 0.476 e. The molecule has 0 fully saturated rings. The number of hydrogen-bond donors (Lipinski definition) is 1. The molecule has 0 aliphatic carbocycles.